The van der Waals surface area contributed by atoms with Crippen LogP contribution in [0.5, 0.6) is 11.5 Å². The van der Waals surface area contributed by atoms with Crippen LogP contribution >= 0.6 is 0 Å². The molecule has 1 aliphatic rings. The number of ether oxygens (including phenoxy) is 2. The number of hydrogen-bond donors (Lipinski definition) is 1. The molecule has 6 nitrogen and oxygen atoms in total. The number of nitrogens with zero attached hydrogens (tertiary/aromatic N) is 1. The van der Waals surface area contributed by atoms with Crippen LogP contribution in [0, 0.1) is 0 Å². The molecule has 0 saturated carbocycles. The second kappa shape index (κ2) is 9.36. The van der Waals surface area contributed by atoms with E-state index in [1.54, 1.807) is 19.1 Å². The third-order valence-electron chi connectivity index (χ3n) is 6.24. The smallest absolute Gasteiger partial charge is 0.255 e. The summed E-state index contributed by atoms with van der Waals surface area (Å²) in [7, 11) is 3.22. The number of rotatable bonds is 7. The summed E-state index contributed by atoms with van der Waals surface area (Å²) >= 11 is 0. The molecule has 0 radical (unpaired) electrons. The number of hydrogen-bond acceptors (Lipinski definition) is 4. The fourth-order valence-electron chi connectivity index (χ4n) is 4.30. The number of nitrogens with one attached hydrogen (secondary N) is 1. The molecule has 6 heteroatoms. The normalized spacial score (nSPS) is 17.3. The first-order chi connectivity index (χ1) is 16.0. The monoisotopic (exact) mass is 444 g/mol. The lowest BCUT2D eigenvalue weighted by Gasteiger charge is -2.44. The summed E-state index contributed by atoms with van der Waals surface area (Å²) in [5, 5.41) is 3.04. The maximum Gasteiger partial charge on any atom is 0.255 e. The first-order valence-electron chi connectivity index (χ1n) is 10.9. The third-order valence-corrected chi connectivity index (χ3v) is 6.24. The van der Waals surface area contributed by atoms with E-state index in [1.807, 2.05) is 79.7 Å². The molecule has 0 aromatic heterocycles. The fourth-order valence-corrected chi connectivity index (χ4v) is 4.30. The van der Waals surface area contributed by atoms with Gasteiger partial charge in [0.15, 0.2) is 0 Å². The Bertz CT molecular complexity index is 1160. The van der Waals surface area contributed by atoms with Crippen LogP contribution in [0.15, 0.2) is 72.8 Å². The molecule has 1 atom stereocenters. The zero-order valence-corrected chi connectivity index (χ0v) is 19.1. The van der Waals surface area contributed by atoms with Crippen LogP contribution in [0.2, 0.25) is 0 Å². The number of carbonyl (C=O) groups excluding carboxylic acids is 2. The SMILES string of the molecule is COc1ccc(CN2C(=O)c3ccccc3CC2(C)C(=O)NCc2ccccc2OC)cc1. The van der Waals surface area contributed by atoms with Gasteiger partial charge >= 0.3 is 0 Å². The summed E-state index contributed by atoms with van der Waals surface area (Å²) in [5.74, 6) is 1.10. The van der Waals surface area contributed by atoms with Crippen molar-refractivity contribution in [1.29, 1.82) is 0 Å². The number of amides is 2. The molecule has 3 aromatic rings. The van der Waals surface area contributed by atoms with Crippen molar-refractivity contribution in [2.75, 3.05) is 14.2 Å². The van der Waals surface area contributed by atoms with Gasteiger partial charge < -0.3 is 19.7 Å². The Morgan fingerprint density at radius 2 is 1.67 bits per heavy atom. The standard InChI is InChI=1S/C27H28N2O4/c1-27(26(31)28-17-21-9-5-7-11-24(21)33-3)16-20-8-4-6-10-23(20)25(30)29(27)18-19-12-14-22(32-2)15-13-19/h4-15H,16-18H2,1-3H3,(H,28,31). The van der Waals surface area contributed by atoms with Gasteiger partial charge in [-0.05, 0) is 42.3 Å². The van der Waals surface area contributed by atoms with E-state index in [0.717, 1.165) is 22.4 Å². The summed E-state index contributed by atoms with van der Waals surface area (Å²) in [6.07, 6.45) is 0.433. The van der Waals surface area contributed by atoms with Gasteiger partial charge in [0.1, 0.15) is 17.0 Å². The van der Waals surface area contributed by atoms with Crippen LogP contribution in [0.3, 0.4) is 0 Å². The van der Waals surface area contributed by atoms with Crippen LogP contribution in [0.4, 0.5) is 0 Å². The summed E-state index contributed by atoms with van der Waals surface area (Å²) in [5.41, 5.74) is 2.27. The Kier molecular flexibility index (Phi) is 6.36. The minimum absolute atomic E-state index is 0.150. The minimum atomic E-state index is -1.05. The lowest BCUT2D eigenvalue weighted by molar-refractivity contribution is -0.132. The predicted molar refractivity (Wildman–Crippen MR) is 126 cm³/mol. The van der Waals surface area contributed by atoms with E-state index in [2.05, 4.69) is 5.32 Å². The average molecular weight is 445 g/mol. The molecule has 33 heavy (non-hydrogen) atoms. The molecular formula is C27H28N2O4. The van der Waals surface area contributed by atoms with Crippen molar-refractivity contribution in [1.82, 2.24) is 10.2 Å². The quantitative estimate of drug-likeness (QED) is 0.599. The predicted octanol–water partition coefficient (Wildman–Crippen LogP) is 3.98. The molecule has 0 fully saturated rings. The van der Waals surface area contributed by atoms with E-state index in [9.17, 15) is 9.59 Å². The molecule has 0 saturated heterocycles. The third kappa shape index (κ3) is 4.42. The summed E-state index contributed by atoms with van der Waals surface area (Å²) < 4.78 is 10.6. The average Bonchev–Trinajstić information content (AvgIpc) is 2.85. The highest BCUT2D eigenvalue weighted by atomic mass is 16.5. The summed E-state index contributed by atoms with van der Waals surface area (Å²) in [4.78, 5) is 28.8. The van der Waals surface area contributed by atoms with E-state index in [-0.39, 0.29) is 11.8 Å². The number of methoxy groups -OCH3 is 2. The van der Waals surface area contributed by atoms with Crippen LogP contribution in [-0.4, -0.2) is 36.5 Å². The second-order valence-corrected chi connectivity index (χ2v) is 8.34. The van der Waals surface area contributed by atoms with Crippen LogP contribution in [-0.2, 0) is 24.3 Å². The zero-order chi connectivity index (χ0) is 23.4. The molecule has 0 bridgehead atoms. The maximum atomic E-state index is 13.6. The highest BCUT2D eigenvalue weighted by Gasteiger charge is 2.46. The Labute approximate surface area is 194 Å². The minimum Gasteiger partial charge on any atom is -0.497 e. The van der Waals surface area contributed by atoms with Gasteiger partial charge in [0.25, 0.3) is 5.91 Å². The Morgan fingerprint density at radius 3 is 2.39 bits per heavy atom. The summed E-state index contributed by atoms with van der Waals surface area (Å²) in [6, 6.07) is 22.6. The molecule has 4 rings (SSSR count). The van der Waals surface area contributed by atoms with Gasteiger partial charge in [0.2, 0.25) is 5.91 Å². The van der Waals surface area contributed by atoms with E-state index < -0.39 is 5.54 Å². The lowest BCUT2D eigenvalue weighted by Crippen LogP contribution is -2.62. The zero-order valence-electron chi connectivity index (χ0n) is 19.1. The second-order valence-electron chi connectivity index (χ2n) is 8.34. The molecule has 2 amide bonds. The molecular weight excluding hydrogens is 416 g/mol. The number of fused-ring (bicyclic) bond motifs is 1. The van der Waals surface area contributed by atoms with E-state index in [0.29, 0.717) is 30.8 Å². The van der Waals surface area contributed by atoms with Gasteiger partial charge in [-0.3, -0.25) is 9.59 Å². The largest absolute Gasteiger partial charge is 0.497 e. The molecule has 0 spiro atoms. The molecule has 170 valence electrons. The molecule has 1 aliphatic heterocycles. The van der Waals surface area contributed by atoms with Crippen LogP contribution < -0.4 is 14.8 Å². The van der Waals surface area contributed by atoms with E-state index >= 15 is 0 Å². The first kappa shape index (κ1) is 22.4. The van der Waals surface area contributed by atoms with Gasteiger partial charge in [-0.15, -0.1) is 0 Å². The van der Waals surface area contributed by atoms with Crippen molar-refractivity contribution in [3.63, 3.8) is 0 Å². The highest BCUT2D eigenvalue weighted by Crippen LogP contribution is 2.33. The fraction of sp³-hybridized carbons (Fsp3) is 0.259. The van der Waals surface area contributed by atoms with Crippen molar-refractivity contribution in [3.05, 3.63) is 95.1 Å². The number of carbonyl (C=O) groups is 2. The van der Waals surface area contributed by atoms with Gasteiger partial charge in [0.05, 0.1) is 14.2 Å². The van der Waals surface area contributed by atoms with Crippen molar-refractivity contribution in [2.45, 2.75) is 32.0 Å². The summed E-state index contributed by atoms with van der Waals surface area (Å²) in [6.45, 7) is 2.46. The topological polar surface area (TPSA) is 67.9 Å². The number of benzene rings is 3. The van der Waals surface area contributed by atoms with Crippen molar-refractivity contribution in [3.8, 4) is 11.5 Å². The number of para-hydroxylation sites is 1. The Balaban J connectivity index is 1.63. The van der Waals surface area contributed by atoms with Gasteiger partial charge in [-0.2, -0.15) is 0 Å². The van der Waals surface area contributed by atoms with Crippen molar-refractivity contribution < 1.29 is 19.1 Å². The molecule has 1 unspecified atom stereocenters. The molecule has 0 aliphatic carbocycles. The van der Waals surface area contributed by atoms with Gasteiger partial charge in [-0.1, -0.05) is 48.5 Å². The van der Waals surface area contributed by atoms with Crippen molar-refractivity contribution >= 4 is 11.8 Å². The Morgan fingerprint density at radius 1 is 0.970 bits per heavy atom. The maximum absolute atomic E-state index is 13.6. The highest BCUT2D eigenvalue weighted by molar-refractivity contribution is 6.02. The van der Waals surface area contributed by atoms with E-state index in [4.69, 9.17) is 9.47 Å². The lowest BCUT2D eigenvalue weighted by atomic mass is 9.82. The molecule has 1 N–H and O–H groups in total. The van der Waals surface area contributed by atoms with Gasteiger partial charge in [0, 0.05) is 30.6 Å². The van der Waals surface area contributed by atoms with Gasteiger partial charge in [-0.25, -0.2) is 0 Å². The van der Waals surface area contributed by atoms with Crippen LogP contribution in [0.1, 0.15) is 34.0 Å². The Hall–Kier alpha value is -3.80. The molecule has 3 aromatic carbocycles. The first-order valence-corrected chi connectivity index (χ1v) is 10.9. The molecule has 1 heterocycles. The van der Waals surface area contributed by atoms with Crippen molar-refractivity contribution in [2.24, 2.45) is 0 Å². The van der Waals surface area contributed by atoms with Crippen LogP contribution in [0.25, 0.3) is 0 Å². The van der Waals surface area contributed by atoms with E-state index in [1.165, 1.54) is 0 Å².